The highest BCUT2D eigenvalue weighted by atomic mass is 16.4. The van der Waals surface area contributed by atoms with E-state index in [-0.39, 0.29) is 13.0 Å². The molecule has 0 saturated carbocycles. The van der Waals surface area contributed by atoms with Gasteiger partial charge in [0.2, 0.25) is 0 Å². The van der Waals surface area contributed by atoms with E-state index in [4.69, 9.17) is 10.2 Å². The zero-order valence-electron chi connectivity index (χ0n) is 11.5. The summed E-state index contributed by atoms with van der Waals surface area (Å²) in [6, 6.07) is 7.62. The number of aliphatic carboxylic acids is 1. The van der Waals surface area contributed by atoms with Crippen LogP contribution in [0.1, 0.15) is 30.9 Å². The van der Waals surface area contributed by atoms with Crippen LogP contribution in [-0.4, -0.2) is 40.8 Å². The number of carboxylic acids is 1. The quantitative estimate of drug-likeness (QED) is 0.716. The van der Waals surface area contributed by atoms with Gasteiger partial charge in [0.1, 0.15) is 0 Å². The van der Waals surface area contributed by atoms with Crippen molar-refractivity contribution in [2.45, 2.75) is 32.7 Å². The van der Waals surface area contributed by atoms with Crippen LogP contribution in [0, 0.1) is 0 Å². The Labute approximate surface area is 114 Å². The molecule has 0 radical (unpaired) electrons. The number of benzene rings is 1. The van der Waals surface area contributed by atoms with Gasteiger partial charge >= 0.3 is 5.97 Å². The molecular formula is C15H23NO3. The second-order valence-corrected chi connectivity index (χ2v) is 4.69. The average molecular weight is 265 g/mol. The van der Waals surface area contributed by atoms with Crippen molar-refractivity contribution in [3.8, 4) is 0 Å². The summed E-state index contributed by atoms with van der Waals surface area (Å²) in [5.41, 5.74) is 1.89. The monoisotopic (exact) mass is 265 g/mol. The molecule has 0 amide bonds. The number of aliphatic hydroxyl groups excluding tert-OH is 1. The summed E-state index contributed by atoms with van der Waals surface area (Å²) < 4.78 is 0. The summed E-state index contributed by atoms with van der Waals surface area (Å²) in [5.74, 6) is -0.810. The lowest BCUT2D eigenvalue weighted by Gasteiger charge is -2.22. The van der Waals surface area contributed by atoms with Crippen molar-refractivity contribution in [3.63, 3.8) is 0 Å². The Morgan fingerprint density at radius 1 is 1.21 bits per heavy atom. The lowest BCUT2D eigenvalue weighted by atomic mass is 10.0. The standard InChI is InChI=1S/C15H23NO3/c1-2-3-8-16(9-10-17)12-14-7-5-4-6-13(14)11-15(18)19/h4-7,17H,2-3,8-12H2,1H3,(H,18,19). The van der Waals surface area contributed by atoms with Crippen LogP contribution in [0.25, 0.3) is 0 Å². The summed E-state index contributed by atoms with van der Waals surface area (Å²) in [7, 11) is 0. The largest absolute Gasteiger partial charge is 0.481 e. The molecule has 0 fully saturated rings. The maximum atomic E-state index is 10.9. The van der Waals surface area contributed by atoms with Crippen LogP contribution in [0.2, 0.25) is 0 Å². The first-order chi connectivity index (χ1) is 9.17. The van der Waals surface area contributed by atoms with Gasteiger partial charge in [0.15, 0.2) is 0 Å². The fraction of sp³-hybridized carbons (Fsp3) is 0.533. The van der Waals surface area contributed by atoms with Crippen molar-refractivity contribution in [2.24, 2.45) is 0 Å². The number of aliphatic hydroxyl groups is 1. The number of hydrogen-bond acceptors (Lipinski definition) is 3. The number of carboxylic acid groups (broad SMARTS) is 1. The van der Waals surface area contributed by atoms with Gasteiger partial charge in [-0.15, -0.1) is 0 Å². The molecule has 1 aromatic carbocycles. The van der Waals surface area contributed by atoms with Gasteiger partial charge in [-0.2, -0.15) is 0 Å². The van der Waals surface area contributed by atoms with Crippen molar-refractivity contribution >= 4 is 5.97 Å². The lowest BCUT2D eigenvalue weighted by molar-refractivity contribution is -0.136. The zero-order chi connectivity index (χ0) is 14.1. The lowest BCUT2D eigenvalue weighted by Crippen LogP contribution is -2.28. The molecule has 2 N–H and O–H groups in total. The molecule has 0 aromatic heterocycles. The highest BCUT2D eigenvalue weighted by molar-refractivity contribution is 5.70. The van der Waals surface area contributed by atoms with Crippen LogP contribution in [0.4, 0.5) is 0 Å². The molecule has 19 heavy (non-hydrogen) atoms. The molecule has 1 aromatic rings. The number of carbonyl (C=O) groups is 1. The molecular weight excluding hydrogens is 242 g/mol. The smallest absolute Gasteiger partial charge is 0.307 e. The Bertz CT molecular complexity index is 393. The van der Waals surface area contributed by atoms with Gasteiger partial charge in [-0.1, -0.05) is 37.6 Å². The molecule has 1 rings (SSSR count). The van der Waals surface area contributed by atoms with E-state index in [2.05, 4.69) is 11.8 Å². The van der Waals surface area contributed by atoms with Crippen LogP contribution >= 0.6 is 0 Å². The first-order valence-corrected chi connectivity index (χ1v) is 6.79. The van der Waals surface area contributed by atoms with E-state index in [9.17, 15) is 4.79 Å². The highest BCUT2D eigenvalue weighted by Crippen LogP contribution is 2.13. The molecule has 0 spiro atoms. The summed E-state index contributed by atoms with van der Waals surface area (Å²) in [6.45, 7) is 4.52. The van der Waals surface area contributed by atoms with Crippen molar-refractivity contribution < 1.29 is 15.0 Å². The Morgan fingerprint density at radius 3 is 2.47 bits per heavy atom. The minimum absolute atomic E-state index is 0.0525. The van der Waals surface area contributed by atoms with Gasteiger partial charge in [-0.25, -0.2) is 0 Å². The molecule has 0 saturated heterocycles. The van der Waals surface area contributed by atoms with Crippen molar-refractivity contribution in [2.75, 3.05) is 19.7 Å². The van der Waals surface area contributed by atoms with Crippen LogP contribution in [0.15, 0.2) is 24.3 Å². The summed E-state index contributed by atoms with van der Waals surface area (Å²) in [5, 5.41) is 18.0. The SMILES string of the molecule is CCCCN(CCO)Cc1ccccc1CC(=O)O. The van der Waals surface area contributed by atoms with E-state index in [1.54, 1.807) is 0 Å². The summed E-state index contributed by atoms with van der Waals surface area (Å²) >= 11 is 0. The predicted octanol–water partition coefficient (Wildman–Crippen LogP) is 1.91. The van der Waals surface area contributed by atoms with Gasteiger partial charge in [0, 0.05) is 13.1 Å². The molecule has 0 aliphatic rings. The third-order valence-electron chi connectivity index (χ3n) is 3.10. The third-order valence-corrected chi connectivity index (χ3v) is 3.10. The Hall–Kier alpha value is -1.39. The number of rotatable bonds is 9. The Balaban J connectivity index is 2.73. The van der Waals surface area contributed by atoms with Crippen LogP contribution in [-0.2, 0) is 17.8 Å². The Kier molecular flexibility index (Phi) is 7.15. The molecule has 4 nitrogen and oxygen atoms in total. The first-order valence-electron chi connectivity index (χ1n) is 6.79. The number of hydrogen-bond donors (Lipinski definition) is 2. The topological polar surface area (TPSA) is 60.8 Å². The van der Waals surface area contributed by atoms with E-state index in [1.165, 1.54) is 0 Å². The van der Waals surface area contributed by atoms with Crippen LogP contribution in [0.5, 0.6) is 0 Å². The molecule has 0 atom stereocenters. The minimum atomic E-state index is -0.810. The fourth-order valence-corrected chi connectivity index (χ4v) is 2.08. The molecule has 4 heteroatoms. The van der Waals surface area contributed by atoms with Gasteiger partial charge in [0.05, 0.1) is 13.0 Å². The van der Waals surface area contributed by atoms with Gasteiger partial charge in [-0.05, 0) is 24.1 Å². The first kappa shape index (κ1) is 15.7. The fourth-order valence-electron chi connectivity index (χ4n) is 2.08. The minimum Gasteiger partial charge on any atom is -0.481 e. The van der Waals surface area contributed by atoms with Gasteiger partial charge < -0.3 is 10.2 Å². The maximum Gasteiger partial charge on any atom is 0.307 e. The number of unbranched alkanes of at least 4 members (excludes halogenated alkanes) is 1. The predicted molar refractivity (Wildman–Crippen MR) is 75.1 cm³/mol. The second kappa shape index (κ2) is 8.67. The average Bonchev–Trinajstić information content (AvgIpc) is 2.38. The maximum absolute atomic E-state index is 10.9. The molecule has 0 aliphatic carbocycles. The van der Waals surface area contributed by atoms with E-state index in [1.807, 2.05) is 24.3 Å². The summed E-state index contributed by atoms with van der Waals surface area (Å²) in [4.78, 5) is 13.0. The van der Waals surface area contributed by atoms with E-state index in [0.29, 0.717) is 13.1 Å². The van der Waals surface area contributed by atoms with E-state index >= 15 is 0 Å². The molecule has 0 bridgehead atoms. The second-order valence-electron chi connectivity index (χ2n) is 4.69. The molecule has 0 unspecified atom stereocenters. The highest BCUT2D eigenvalue weighted by Gasteiger charge is 2.10. The molecule has 106 valence electrons. The van der Waals surface area contributed by atoms with Crippen molar-refractivity contribution in [1.82, 2.24) is 4.90 Å². The van der Waals surface area contributed by atoms with Crippen LogP contribution < -0.4 is 0 Å². The third kappa shape index (κ3) is 5.85. The Morgan fingerprint density at radius 2 is 1.89 bits per heavy atom. The van der Waals surface area contributed by atoms with E-state index in [0.717, 1.165) is 30.5 Å². The number of nitrogens with zero attached hydrogens (tertiary/aromatic N) is 1. The van der Waals surface area contributed by atoms with Crippen molar-refractivity contribution in [1.29, 1.82) is 0 Å². The van der Waals surface area contributed by atoms with Gasteiger partial charge in [0.25, 0.3) is 0 Å². The molecule has 0 aliphatic heterocycles. The van der Waals surface area contributed by atoms with Crippen LogP contribution in [0.3, 0.4) is 0 Å². The van der Waals surface area contributed by atoms with Crippen molar-refractivity contribution in [3.05, 3.63) is 35.4 Å². The zero-order valence-corrected chi connectivity index (χ0v) is 11.5. The normalized spacial score (nSPS) is 10.9. The van der Waals surface area contributed by atoms with E-state index < -0.39 is 5.97 Å². The molecule has 0 heterocycles. The summed E-state index contributed by atoms with van der Waals surface area (Å²) in [6.07, 6.45) is 2.25. The van der Waals surface area contributed by atoms with Gasteiger partial charge in [-0.3, -0.25) is 9.69 Å².